The summed E-state index contributed by atoms with van der Waals surface area (Å²) in [6, 6.07) is 12.3. The van der Waals surface area contributed by atoms with E-state index in [9.17, 15) is 9.59 Å². The van der Waals surface area contributed by atoms with Crippen molar-refractivity contribution in [2.45, 2.75) is 51.0 Å². The molecular weight excluding hydrogens is 456 g/mol. The summed E-state index contributed by atoms with van der Waals surface area (Å²) in [4.78, 5) is 24.6. The van der Waals surface area contributed by atoms with Gasteiger partial charge in [0.15, 0.2) is 0 Å². The van der Waals surface area contributed by atoms with Gasteiger partial charge in [-0.1, -0.05) is 18.2 Å². The standard InChI is InChI=1S/C29H36N2O5/c1-2-3-4-18-34-25-13-8-22(9-14-25)29(33)36-26-11-5-21(6-12-26)7-16-28(32)35-19-17-23-20-24(30)10-15-27(23)31/h2,5-7,10-12,15-16,20,22,25H,1,3-4,8-9,13-14,17-19,30-31H2/b16-7+. The maximum absolute atomic E-state index is 12.6. The highest BCUT2D eigenvalue weighted by atomic mass is 16.5. The number of allylic oxidation sites excluding steroid dienone is 1. The van der Waals surface area contributed by atoms with E-state index in [1.807, 2.05) is 6.08 Å². The lowest BCUT2D eigenvalue weighted by molar-refractivity contribution is -0.141. The third-order valence-corrected chi connectivity index (χ3v) is 6.21. The predicted molar refractivity (Wildman–Crippen MR) is 142 cm³/mol. The van der Waals surface area contributed by atoms with Crippen LogP contribution in [0.2, 0.25) is 0 Å². The van der Waals surface area contributed by atoms with E-state index in [0.717, 1.165) is 56.3 Å². The van der Waals surface area contributed by atoms with Gasteiger partial charge in [-0.05, 0) is 86.1 Å². The number of unbranched alkanes of at least 4 members (excludes halogenated alkanes) is 1. The van der Waals surface area contributed by atoms with E-state index in [1.54, 1.807) is 48.5 Å². The molecule has 0 amide bonds. The fourth-order valence-electron chi connectivity index (χ4n) is 4.11. The number of benzene rings is 2. The van der Waals surface area contributed by atoms with Gasteiger partial charge in [0, 0.05) is 30.5 Å². The van der Waals surface area contributed by atoms with Crippen molar-refractivity contribution in [1.29, 1.82) is 0 Å². The van der Waals surface area contributed by atoms with Crippen molar-refractivity contribution in [3.8, 4) is 5.75 Å². The molecular formula is C29H36N2O5. The molecule has 4 N–H and O–H groups in total. The van der Waals surface area contributed by atoms with Crippen LogP contribution in [-0.2, 0) is 25.5 Å². The summed E-state index contributed by atoms with van der Waals surface area (Å²) < 4.78 is 16.7. The fourth-order valence-corrected chi connectivity index (χ4v) is 4.11. The molecule has 1 saturated carbocycles. The number of esters is 2. The minimum absolute atomic E-state index is 0.102. The Kier molecular flexibility index (Phi) is 10.6. The average molecular weight is 493 g/mol. The highest BCUT2D eigenvalue weighted by molar-refractivity contribution is 5.87. The summed E-state index contributed by atoms with van der Waals surface area (Å²) in [5, 5.41) is 0. The summed E-state index contributed by atoms with van der Waals surface area (Å²) in [6.45, 7) is 4.66. The molecule has 0 aliphatic heterocycles. The third-order valence-electron chi connectivity index (χ3n) is 6.21. The average Bonchev–Trinajstić information content (AvgIpc) is 2.88. The number of rotatable bonds is 12. The SMILES string of the molecule is C=CCCCOC1CCC(C(=O)Oc2ccc(/C=C/C(=O)OCCc3cc(N)ccc3N)cc2)CC1. The Balaban J connectivity index is 1.37. The van der Waals surface area contributed by atoms with E-state index >= 15 is 0 Å². The Bertz CT molecular complexity index is 1040. The fraction of sp³-hybridized carbons (Fsp3) is 0.379. The molecule has 0 atom stereocenters. The van der Waals surface area contributed by atoms with Gasteiger partial charge < -0.3 is 25.7 Å². The van der Waals surface area contributed by atoms with E-state index in [4.69, 9.17) is 25.7 Å². The van der Waals surface area contributed by atoms with E-state index in [-0.39, 0.29) is 24.6 Å². The number of ether oxygens (including phenoxy) is 3. The zero-order chi connectivity index (χ0) is 25.8. The summed E-state index contributed by atoms with van der Waals surface area (Å²) in [5.41, 5.74) is 14.5. The molecule has 1 aliphatic rings. The van der Waals surface area contributed by atoms with Gasteiger partial charge >= 0.3 is 11.9 Å². The van der Waals surface area contributed by atoms with Gasteiger partial charge in [-0.2, -0.15) is 0 Å². The Morgan fingerprint density at radius 2 is 1.75 bits per heavy atom. The van der Waals surface area contributed by atoms with Crippen LogP contribution in [0.1, 0.15) is 49.7 Å². The zero-order valence-corrected chi connectivity index (χ0v) is 20.7. The van der Waals surface area contributed by atoms with Crippen LogP contribution >= 0.6 is 0 Å². The molecule has 2 aromatic carbocycles. The Hall–Kier alpha value is -3.58. The molecule has 1 fully saturated rings. The van der Waals surface area contributed by atoms with Crippen LogP contribution in [-0.4, -0.2) is 31.3 Å². The number of hydrogen-bond donors (Lipinski definition) is 2. The van der Waals surface area contributed by atoms with E-state index in [1.165, 1.54) is 6.08 Å². The van der Waals surface area contributed by atoms with Crippen LogP contribution < -0.4 is 16.2 Å². The minimum atomic E-state index is -0.451. The number of carbonyl (C=O) groups excluding carboxylic acids is 2. The molecule has 0 saturated heterocycles. The second kappa shape index (κ2) is 14.1. The molecule has 7 nitrogen and oxygen atoms in total. The van der Waals surface area contributed by atoms with Crippen LogP contribution in [0.4, 0.5) is 11.4 Å². The first-order valence-corrected chi connectivity index (χ1v) is 12.5. The molecule has 192 valence electrons. The second-order valence-corrected chi connectivity index (χ2v) is 8.97. The lowest BCUT2D eigenvalue weighted by atomic mass is 9.87. The molecule has 0 spiro atoms. The number of hydrogen-bond acceptors (Lipinski definition) is 7. The number of nitrogen functional groups attached to an aromatic ring is 2. The minimum Gasteiger partial charge on any atom is -0.462 e. The van der Waals surface area contributed by atoms with Gasteiger partial charge in [-0.3, -0.25) is 4.79 Å². The van der Waals surface area contributed by atoms with Crippen LogP contribution in [0.3, 0.4) is 0 Å². The predicted octanol–water partition coefficient (Wildman–Crippen LogP) is 5.10. The Morgan fingerprint density at radius 1 is 1.00 bits per heavy atom. The summed E-state index contributed by atoms with van der Waals surface area (Å²) in [5.74, 6) is -0.265. The maximum Gasteiger partial charge on any atom is 0.330 e. The molecule has 0 unspecified atom stereocenters. The lowest BCUT2D eigenvalue weighted by Gasteiger charge is -2.27. The van der Waals surface area contributed by atoms with Gasteiger partial charge in [-0.25, -0.2) is 4.79 Å². The Morgan fingerprint density at radius 3 is 2.47 bits per heavy atom. The number of anilines is 2. The highest BCUT2D eigenvalue weighted by Crippen LogP contribution is 2.28. The molecule has 36 heavy (non-hydrogen) atoms. The van der Waals surface area contributed by atoms with Gasteiger partial charge in [0.2, 0.25) is 0 Å². The van der Waals surface area contributed by atoms with E-state index < -0.39 is 5.97 Å². The zero-order valence-electron chi connectivity index (χ0n) is 20.7. The number of carbonyl (C=O) groups is 2. The van der Waals surface area contributed by atoms with Crippen LogP contribution in [0.5, 0.6) is 5.75 Å². The van der Waals surface area contributed by atoms with Crippen molar-refractivity contribution in [3.63, 3.8) is 0 Å². The summed E-state index contributed by atoms with van der Waals surface area (Å²) in [6.07, 6.45) is 10.9. The summed E-state index contributed by atoms with van der Waals surface area (Å²) >= 11 is 0. The topological polar surface area (TPSA) is 114 Å². The first-order chi connectivity index (χ1) is 17.4. The van der Waals surface area contributed by atoms with Gasteiger partial charge in [0.1, 0.15) is 5.75 Å². The highest BCUT2D eigenvalue weighted by Gasteiger charge is 2.28. The summed E-state index contributed by atoms with van der Waals surface area (Å²) in [7, 11) is 0. The van der Waals surface area contributed by atoms with Crippen molar-refractivity contribution < 1.29 is 23.8 Å². The van der Waals surface area contributed by atoms with Crippen LogP contribution in [0, 0.1) is 5.92 Å². The molecule has 0 radical (unpaired) electrons. The Labute approximate surface area is 213 Å². The first kappa shape index (κ1) is 27.0. The van der Waals surface area contributed by atoms with E-state index in [0.29, 0.717) is 23.5 Å². The largest absolute Gasteiger partial charge is 0.462 e. The monoisotopic (exact) mass is 492 g/mol. The van der Waals surface area contributed by atoms with Gasteiger partial charge in [0.25, 0.3) is 0 Å². The molecule has 1 aliphatic carbocycles. The first-order valence-electron chi connectivity index (χ1n) is 12.5. The van der Waals surface area contributed by atoms with E-state index in [2.05, 4.69) is 6.58 Å². The molecule has 2 aromatic rings. The molecule has 3 rings (SSSR count). The van der Waals surface area contributed by atoms with Crippen molar-refractivity contribution in [1.82, 2.24) is 0 Å². The van der Waals surface area contributed by atoms with Crippen LogP contribution in [0.25, 0.3) is 6.08 Å². The van der Waals surface area contributed by atoms with Crippen molar-refractivity contribution >= 4 is 29.4 Å². The smallest absolute Gasteiger partial charge is 0.330 e. The van der Waals surface area contributed by atoms with Gasteiger partial charge in [-0.15, -0.1) is 6.58 Å². The quantitative estimate of drug-likeness (QED) is 0.106. The number of nitrogens with two attached hydrogens (primary N) is 2. The van der Waals surface area contributed by atoms with Crippen LogP contribution in [0.15, 0.2) is 61.2 Å². The lowest BCUT2D eigenvalue weighted by Crippen LogP contribution is -2.29. The second-order valence-electron chi connectivity index (χ2n) is 8.97. The molecule has 0 heterocycles. The normalized spacial score (nSPS) is 17.6. The maximum atomic E-state index is 12.6. The molecule has 0 aromatic heterocycles. The van der Waals surface area contributed by atoms with Gasteiger partial charge in [0.05, 0.1) is 18.6 Å². The molecule has 0 bridgehead atoms. The molecule has 7 heteroatoms. The van der Waals surface area contributed by atoms with Crippen molar-refractivity contribution in [2.75, 3.05) is 24.7 Å². The van der Waals surface area contributed by atoms with Crippen molar-refractivity contribution in [3.05, 3.63) is 72.3 Å². The third kappa shape index (κ3) is 8.89. The van der Waals surface area contributed by atoms with Crippen molar-refractivity contribution in [2.24, 2.45) is 5.92 Å².